The van der Waals surface area contributed by atoms with E-state index in [9.17, 15) is 4.79 Å². The molecule has 1 atom stereocenters. The van der Waals surface area contributed by atoms with Gasteiger partial charge in [0.05, 0.1) is 7.11 Å². The number of benzene rings is 1. The highest BCUT2D eigenvalue weighted by Gasteiger charge is 2.14. The molecule has 3 N–H and O–H groups in total. The summed E-state index contributed by atoms with van der Waals surface area (Å²) in [4.78, 5) is 11.8. The number of ether oxygens (including phenoxy) is 2. The summed E-state index contributed by atoms with van der Waals surface area (Å²) < 4.78 is 10.5. The molecule has 0 fully saturated rings. The van der Waals surface area contributed by atoms with Gasteiger partial charge in [0, 0.05) is 6.54 Å². The number of methoxy groups -OCH3 is 1. The number of hydrogen-bond donors (Lipinski definition) is 3. The Labute approximate surface area is 123 Å². The summed E-state index contributed by atoms with van der Waals surface area (Å²) in [6.45, 7) is 4.24. The highest BCUT2D eigenvalue weighted by molar-refractivity contribution is 7.80. The van der Waals surface area contributed by atoms with E-state index in [2.05, 4.69) is 16.2 Å². The fraction of sp³-hybridized carbons (Fsp3) is 0.385. The Bertz CT molecular complexity index is 451. The Balaban J connectivity index is 2.42. The molecule has 1 aromatic rings. The molecule has 110 valence electrons. The third-order valence-corrected chi connectivity index (χ3v) is 2.62. The average Bonchev–Trinajstić information content (AvgIpc) is 2.45. The summed E-state index contributed by atoms with van der Waals surface area (Å²) >= 11 is 4.92. The van der Waals surface area contributed by atoms with E-state index in [1.54, 1.807) is 38.3 Å². The van der Waals surface area contributed by atoms with E-state index in [-0.39, 0.29) is 5.91 Å². The minimum absolute atomic E-state index is 0.318. The Hall–Kier alpha value is -2.02. The maximum Gasteiger partial charge on any atom is 0.279 e. The number of carbonyl (C=O) groups excluding carboxylic acids is 1. The maximum atomic E-state index is 11.8. The second kappa shape index (κ2) is 8.21. The summed E-state index contributed by atoms with van der Waals surface area (Å²) in [6, 6.07) is 7.00. The summed E-state index contributed by atoms with van der Waals surface area (Å²) in [6.07, 6.45) is -0.652. The van der Waals surface area contributed by atoms with Gasteiger partial charge in [-0.2, -0.15) is 0 Å². The third-order valence-electron chi connectivity index (χ3n) is 2.38. The van der Waals surface area contributed by atoms with Crippen molar-refractivity contribution in [2.45, 2.75) is 20.0 Å². The van der Waals surface area contributed by atoms with E-state index in [1.807, 2.05) is 6.92 Å². The zero-order chi connectivity index (χ0) is 15.0. The molecular weight excluding hydrogens is 278 g/mol. The molecule has 0 aliphatic heterocycles. The van der Waals surface area contributed by atoms with Crippen LogP contribution in [0.3, 0.4) is 0 Å². The van der Waals surface area contributed by atoms with Gasteiger partial charge in [-0.15, -0.1) is 0 Å². The zero-order valence-corrected chi connectivity index (χ0v) is 12.5. The summed E-state index contributed by atoms with van der Waals surface area (Å²) in [5, 5.41) is 3.21. The van der Waals surface area contributed by atoms with Crippen LogP contribution in [0.2, 0.25) is 0 Å². The maximum absolute atomic E-state index is 11.8. The van der Waals surface area contributed by atoms with Crippen molar-refractivity contribution in [3.8, 4) is 11.5 Å². The lowest BCUT2D eigenvalue weighted by Crippen LogP contribution is -2.50. The van der Waals surface area contributed by atoms with Gasteiger partial charge in [0.2, 0.25) is 0 Å². The van der Waals surface area contributed by atoms with Crippen molar-refractivity contribution in [3.05, 3.63) is 24.3 Å². The monoisotopic (exact) mass is 297 g/mol. The lowest BCUT2D eigenvalue weighted by molar-refractivity contribution is -0.127. The highest BCUT2D eigenvalue weighted by Crippen LogP contribution is 2.18. The molecule has 0 unspecified atom stereocenters. The molecule has 1 amide bonds. The van der Waals surface area contributed by atoms with Crippen LogP contribution in [0.1, 0.15) is 13.8 Å². The van der Waals surface area contributed by atoms with Crippen molar-refractivity contribution in [2.24, 2.45) is 0 Å². The van der Waals surface area contributed by atoms with E-state index in [1.165, 1.54) is 0 Å². The predicted octanol–water partition coefficient (Wildman–Crippen LogP) is 0.978. The number of thiocarbonyl (C=S) groups is 1. The number of hydrogen-bond acceptors (Lipinski definition) is 4. The van der Waals surface area contributed by atoms with Gasteiger partial charge in [-0.3, -0.25) is 15.6 Å². The van der Waals surface area contributed by atoms with Crippen molar-refractivity contribution in [3.63, 3.8) is 0 Å². The molecule has 20 heavy (non-hydrogen) atoms. The topological polar surface area (TPSA) is 71.6 Å². The predicted molar refractivity (Wildman–Crippen MR) is 80.6 cm³/mol. The molecule has 0 aliphatic rings. The van der Waals surface area contributed by atoms with Crippen molar-refractivity contribution < 1.29 is 14.3 Å². The normalized spacial score (nSPS) is 11.2. The molecule has 7 heteroatoms. The fourth-order valence-corrected chi connectivity index (χ4v) is 1.53. The molecule has 0 radical (unpaired) electrons. The largest absolute Gasteiger partial charge is 0.497 e. The van der Waals surface area contributed by atoms with Gasteiger partial charge in [0.15, 0.2) is 11.2 Å². The van der Waals surface area contributed by atoms with Crippen LogP contribution < -0.4 is 25.6 Å². The first-order chi connectivity index (χ1) is 9.56. The Morgan fingerprint density at radius 3 is 2.40 bits per heavy atom. The Morgan fingerprint density at radius 2 is 1.85 bits per heavy atom. The molecular formula is C13H19N3O3S. The second-order valence-electron chi connectivity index (χ2n) is 3.91. The van der Waals surface area contributed by atoms with Crippen LogP contribution in [-0.4, -0.2) is 30.8 Å². The summed E-state index contributed by atoms with van der Waals surface area (Å²) in [5.74, 6) is 0.996. The van der Waals surface area contributed by atoms with Crippen LogP contribution in [0.15, 0.2) is 24.3 Å². The molecule has 0 aromatic heterocycles. The van der Waals surface area contributed by atoms with Gasteiger partial charge in [0.1, 0.15) is 11.5 Å². The molecule has 0 bridgehead atoms. The van der Waals surface area contributed by atoms with Gasteiger partial charge in [0.25, 0.3) is 5.91 Å². The van der Waals surface area contributed by atoms with Crippen LogP contribution in [0, 0.1) is 0 Å². The fourth-order valence-electron chi connectivity index (χ4n) is 1.34. The third kappa shape index (κ3) is 5.31. The molecule has 1 rings (SSSR count). The minimum Gasteiger partial charge on any atom is -0.497 e. The van der Waals surface area contributed by atoms with Gasteiger partial charge >= 0.3 is 0 Å². The smallest absolute Gasteiger partial charge is 0.279 e. The van der Waals surface area contributed by atoms with Crippen molar-refractivity contribution in [1.82, 2.24) is 16.2 Å². The number of rotatable bonds is 5. The first-order valence-corrected chi connectivity index (χ1v) is 6.62. The molecule has 0 heterocycles. The SMILES string of the molecule is CCNC(=S)NNC(=O)[C@H](C)Oc1ccc(OC)cc1. The molecule has 0 saturated heterocycles. The average molecular weight is 297 g/mol. The molecule has 0 aliphatic carbocycles. The van der Waals surface area contributed by atoms with Crippen molar-refractivity contribution in [2.75, 3.05) is 13.7 Å². The van der Waals surface area contributed by atoms with Gasteiger partial charge in [-0.25, -0.2) is 0 Å². The van der Waals surface area contributed by atoms with Crippen LogP contribution in [0.25, 0.3) is 0 Å². The van der Waals surface area contributed by atoms with Gasteiger partial charge in [-0.05, 0) is 50.3 Å². The molecule has 0 saturated carbocycles. The first-order valence-electron chi connectivity index (χ1n) is 6.21. The summed E-state index contributed by atoms with van der Waals surface area (Å²) in [5.41, 5.74) is 5.06. The van der Waals surface area contributed by atoms with E-state index >= 15 is 0 Å². The number of nitrogens with one attached hydrogen (secondary N) is 3. The van der Waals surface area contributed by atoms with E-state index in [0.717, 1.165) is 5.75 Å². The van der Waals surface area contributed by atoms with Crippen LogP contribution >= 0.6 is 12.2 Å². The molecule has 1 aromatic carbocycles. The van der Waals surface area contributed by atoms with E-state index in [4.69, 9.17) is 21.7 Å². The summed E-state index contributed by atoms with van der Waals surface area (Å²) in [7, 11) is 1.59. The van der Waals surface area contributed by atoms with E-state index in [0.29, 0.717) is 17.4 Å². The molecule has 6 nitrogen and oxygen atoms in total. The highest BCUT2D eigenvalue weighted by atomic mass is 32.1. The second-order valence-corrected chi connectivity index (χ2v) is 4.32. The minimum atomic E-state index is -0.652. The van der Waals surface area contributed by atoms with Gasteiger partial charge < -0.3 is 14.8 Å². The quantitative estimate of drug-likeness (QED) is 0.556. The lowest BCUT2D eigenvalue weighted by atomic mass is 10.3. The number of amides is 1. The number of hydrazine groups is 1. The van der Waals surface area contributed by atoms with Crippen molar-refractivity contribution in [1.29, 1.82) is 0 Å². The zero-order valence-electron chi connectivity index (χ0n) is 11.7. The standard InChI is InChI=1S/C13H19N3O3S/c1-4-14-13(20)16-15-12(17)9(2)19-11-7-5-10(18-3)6-8-11/h5-9H,4H2,1-3H3,(H,15,17)(H2,14,16,20)/t9-/m0/s1. The Kier molecular flexibility index (Phi) is 6.58. The van der Waals surface area contributed by atoms with E-state index < -0.39 is 6.10 Å². The lowest BCUT2D eigenvalue weighted by Gasteiger charge is -2.16. The Morgan fingerprint density at radius 1 is 1.25 bits per heavy atom. The van der Waals surface area contributed by atoms with Crippen LogP contribution in [-0.2, 0) is 4.79 Å². The molecule has 0 spiro atoms. The van der Waals surface area contributed by atoms with Crippen LogP contribution in [0.4, 0.5) is 0 Å². The van der Waals surface area contributed by atoms with Crippen LogP contribution in [0.5, 0.6) is 11.5 Å². The van der Waals surface area contributed by atoms with Gasteiger partial charge in [-0.1, -0.05) is 0 Å². The van der Waals surface area contributed by atoms with Crippen molar-refractivity contribution >= 4 is 23.2 Å². The first kappa shape index (κ1) is 16.0. The number of carbonyl (C=O) groups is 1.